The SMILES string of the molecule is CCOc1ccc2nc(SCC(=O)Nc3sc4c(c3C#N)CCCCC4)sc2c1. The standard InChI is InChI=1S/C21H21N3O2S3/c1-2-26-13-8-9-16-18(10-13)29-21(23-16)27-12-19(25)24-20-15(11-22)14-6-4-3-5-7-17(14)28-20/h8-10H,2-7,12H2,1H3,(H,24,25). The van der Waals surface area contributed by atoms with Gasteiger partial charge in [0.25, 0.3) is 0 Å². The molecule has 0 saturated carbocycles. The van der Waals surface area contributed by atoms with Gasteiger partial charge in [0.2, 0.25) is 5.91 Å². The lowest BCUT2D eigenvalue weighted by molar-refractivity contribution is -0.113. The molecule has 1 aliphatic rings. The van der Waals surface area contributed by atoms with E-state index in [1.165, 1.54) is 23.1 Å². The highest BCUT2D eigenvalue weighted by Gasteiger charge is 2.21. The first-order chi connectivity index (χ1) is 14.2. The Hall–Kier alpha value is -2.08. The maximum absolute atomic E-state index is 12.5. The van der Waals surface area contributed by atoms with Crippen molar-refractivity contribution in [3.05, 3.63) is 34.2 Å². The number of benzene rings is 1. The van der Waals surface area contributed by atoms with Crippen LogP contribution in [0.15, 0.2) is 22.5 Å². The Labute approximate surface area is 182 Å². The summed E-state index contributed by atoms with van der Waals surface area (Å²) in [6.07, 6.45) is 5.43. The number of amides is 1. The van der Waals surface area contributed by atoms with Crippen LogP contribution in [0.3, 0.4) is 0 Å². The van der Waals surface area contributed by atoms with Gasteiger partial charge < -0.3 is 10.1 Å². The van der Waals surface area contributed by atoms with Crippen LogP contribution in [0.25, 0.3) is 10.2 Å². The monoisotopic (exact) mass is 443 g/mol. The molecule has 2 aromatic heterocycles. The van der Waals surface area contributed by atoms with Gasteiger partial charge in [0.15, 0.2) is 4.34 Å². The van der Waals surface area contributed by atoms with Crippen molar-refractivity contribution in [2.45, 2.75) is 43.4 Å². The predicted octanol–water partition coefficient (Wildman–Crippen LogP) is 5.63. The van der Waals surface area contributed by atoms with Crippen molar-refractivity contribution in [2.75, 3.05) is 17.7 Å². The average molecular weight is 444 g/mol. The number of nitriles is 1. The molecular formula is C21H21N3O2S3. The Balaban J connectivity index is 1.42. The number of thioether (sulfide) groups is 1. The number of aryl methyl sites for hydroxylation is 1. The van der Waals surface area contributed by atoms with E-state index < -0.39 is 0 Å². The van der Waals surface area contributed by atoms with Gasteiger partial charge in [-0.25, -0.2) is 4.98 Å². The second-order valence-corrected chi connectivity index (χ2v) is 10.1. The van der Waals surface area contributed by atoms with Gasteiger partial charge in [-0.05, 0) is 56.4 Å². The third kappa shape index (κ3) is 4.58. The van der Waals surface area contributed by atoms with E-state index >= 15 is 0 Å². The van der Waals surface area contributed by atoms with E-state index in [9.17, 15) is 10.1 Å². The molecule has 0 unspecified atom stereocenters. The first-order valence-corrected chi connectivity index (χ1v) is 12.3. The molecule has 0 atom stereocenters. The summed E-state index contributed by atoms with van der Waals surface area (Å²) in [5, 5.41) is 13.3. The van der Waals surface area contributed by atoms with Crippen molar-refractivity contribution in [1.82, 2.24) is 4.98 Å². The summed E-state index contributed by atoms with van der Waals surface area (Å²) in [5.74, 6) is 1.00. The zero-order chi connectivity index (χ0) is 20.2. The topological polar surface area (TPSA) is 75.0 Å². The summed E-state index contributed by atoms with van der Waals surface area (Å²) in [7, 11) is 0. The van der Waals surface area contributed by atoms with Crippen LogP contribution in [0.2, 0.25) is 0 Å². The first kappa shape index (κ1) is 20.2. The Morgan fingerprint density at radius 2 is 2.17 bits per heavy atom. The van der Waals surface area contributed by atoms with Crippen LogP contribution in [0.5, 0.6) is 5.75 Å². The quantitative estimate of drug-likeness (QED) is 0.395. The lowest BCUT2D eigenvalue weighted by Crippen LogP contribution is -2.13. The van der Waals surface area contributed by atoms with Crippen molar-refractivity contribution in [1.29, 1.82) is 5.26 Å². The number of ether oxygens (including phenoxy) is 1. The zero-order valence-electron chi connectivity index (χ0n) is 16.1. The normalized spacial score (nSPS) is 13.5. The van der Waals surface area contributed by atoms with Crippen molar-refractivity contribution >= 4 is 55.6 Å². The van der Waals surface area contributed by atoms with Gasteiger partial charge in [0.1, 0.15) is 16.8 Å². The van der Waals surface area contributed by atoms with Crippen molar-refractivity contribution in [3.8, 4) is 11.8 Å². The number of fused-ring (bicyclic) bond motifs is 2. The molecule has 0 bridgehead atoms. The van der Waals surface area contributed by atoms with Gasteiger partial charge in [-0.3, -0.25) is 4.79 Å². The van der Waals surface area contributed by atoms with Crippen molar-refractivity contribution in [3.63, 3.8) is 0 Å². The fraction of sp³-hybridized carbons (Fsp3) is 0.381. The third-order valence-corrected chi connectivity index (χ3v) is 8.13. The van der Waals surface area contributed by atoms with E-state index in [1.54, 1.807) is 22.7 Å². The molecule has 2 heterocycles. The summed E-state index contributed by atoms with van der Waals surface area (Å²) in [4.78, 5) is 18.4. The number of thiophene rings is 1. The van der Waals surface area contributed by atoms with Gasteiger partial charge >= 0.3 is 0 Å². The number of carbonyl (C=O) groups excluding carboxylic acids is 1. The highest BCUT2D eigenvalue weighted by Crippen LogP contribution is 2.37. The molecule has 29 heavy (non-hydrogen) atoms. The minimum Gasteiger partial charge on any atom is -0.494 e. The van der Waals surface area contributed by atoms with Crippen LogP contribution in [0.1, 0.15) is 42.2 Å². The van der Waals surface area contributed by atoms with Gasteiger partial charge in [0, 0.05) is 4.88 Å². The summed E-state index contributed by atoms with van der Waals surface area (Å²) in [5.41, 5.74) is 2.72. The fourth-order valence-electron chi connectivity index (χ4n) is 3.44. The molecule has 150 valence electrons. The summed E-state index contributed by atoms with van der Waals surface area (Å²) in [6, 6.07) is 8.15. The Morgan fingerprint density at radius 3 is 3.00 bits per heavy atom. The highest BCUT2D eigenvalue weighted by atomic mass is 32.2. The minimum atomic E-state index is -0.0998. The number of anilines is 1. The largest absolute Gasteiger partial charge is 0.494 e. The van der Waals surface area contributed by atoms with Crippen LogP contribution >= 0.6 is 34.4 Å². The molecule has 1 aliphatic carbocycles. The molecule has 0 saturated heterocycles. The average Bonchev–Trinajstić information content (AvgIpc) is 3.18. The van der Waals surface area contributed by atoms with E-state index in [0.29, 0.717) is 17.2 Å². The molecule has 0 radical (unpaired) electrons. The molecule has 1 aromatic carbocycles. The molecule has 3 aromatic rings. The van der Waals surface area contributed by atoms with Gasteiger partial charge in [-0.15, -0.1) is 22.7 Å². The first-order valence-electron chi connectivity index (χ1n) is 9.68. The van der Waals surface area contributed by atoms with Gasteiger partial charge in [-0.1, -0.05) is 18.2 Å². The zero-order valence-corrected chi connectivity index (χ0v) is 18.6. The van der Waals surface area contributed by atoms with Crippen LogP contribution in [0.4, 0.5) is 5.00 Å². The number of hydrogen-bond acceptors (Lipinski definition) is 7. The molecular weight excluding hydrogens is 422 g/mol. The number of thiazole rings is 1. The number of rotatable bonds is 6. The second kappa shape index (κ2) is 9.16. The van der Waals surface area contributed by atoms with Gasteiger partial charge in [-0.2, -0.15) is 5.26 Å². The Morgan fingerprint density at radius 1 is 1.31 bits per heavy atom. The van der Waals surface area contributed by atoms with Crippen LogP contribution in [-0.4, -0.2) is 23.3 Å². The smallest absolute Gasteiger partial charge is 0.235 e. The van der Waals surface area contributed by atoms with E-state index in [0.717, 1.165) is 51.6 Å². The van der Waals surface area contributed by atoms with Crippen molar-refractivity contribution < 1.29 is 9.53 Å². The fourth-order valence-corrected chi connectivity index (χ4v) is 6.59. The summed E-state index contributed by atoms with van der Waals surface area (Å²) >= 11 is 4.55. The van der Waals surface area contributed by atoms with Crippen molar-refractivity contribution in [2.24, 2.45) is 0 Å². The number of nitrogens with one attached hydrogen (secondary N) is 1. The van der Waals surface area contributed by atoms with Crippen LogP contribution < -0.4 is 10.1 Å². The van der Waals surface area contributed by atoms with E-state index in [2.05, 4.69) is 16.4 Å². The summed E-state index contributed by atoms with van der Waals surface area (Å²) in [6.45, 7) is 2.59. The Kier molecular flexibility index (Phi) is 6.38. The third-order valence-electron chi connectivity index (χ3n) is 4.76. The molecule has 8 heteroatoms. The molecule has 0 fully saturated rings. The van der Waals surface area contributed by atoms with E-state index in [4.69, 9.17) is 4.74 Å². The number of aromatic nitrogens is 1. The predicted molar refractivity (Wildman–Crippen MR) is 120 cm³/mol. The Bertz CT molecular complexity index is 1080. The number of hydrogen-bond donors (Lipinski definition) is 1. The molecule has 0 spiro atoms. The van der Waals surface area contributed by atoms with E-state index in [-0.39, 0.29) is 11.7 Å². The summed E-state index contributed by atoms with van der Waals surface area (Å²) < 4.78 is 7.44. The maximum atomic E-state index is 12.5. The van der Waals surface area contributed by atoms with Gasteiger partial charge in [0.05, 0.1) is 28.1 Å². The number of nitrogens with zero attached hydrogens (tertiary/aromatic N) is 2. The second-order valence-electron chi connectivity index (χ2n) is 6.76. The molecule has 1 N–H and O–H groups in total. The molecule has 0 aliphatic heterocycles. The number of carbonyl (C=O) groups is 1. The highest BCUT2D eigenvalue weighted by molar-refractivity contribution is 8.01. The maximum Gasteiger partial charge on any atom is 0.235 e. The van der Waals surface area contributed by atoms with Crippen LogP contribution in [-0.2, 0) is 17.6 Å². The van der Waals surface area contributed by atoms with Crippen LogP contribution in [0, 0.1) is 11.3 Å². The molecule has 1 amide bonds. The lowest BCUT2D eigenvalue weighted by atomic mass is 10.1. The molecule has 5 nitrogen and oxygen atoms in total. The molecule has 4 rings (SSSR count). The minimum absolute atomic E-state index is 0.0998. The van der Waals surface area contributed by atoms with E-state index in [1.807, 2.05) is 25.1 Å². The lowest BCUT2D eigenvalue weighted by Gasteiger charge is -2.03.